The summed E-state index contributed by atoms with van der Waals surface area (Å²) in [5.74, 6) is 0. The first-order chi connectivity index (χ1) is 6.69. The van der Waals surface area contributed by atoms with Crippen molar-refractivity contribution >= 4 is 14.1 Å². The molecule has 0 saturated carbocycles. The standard InChI is InChI=1S/C6H13O8P/c1-3(8)5(9)6(10)4(2-7)14-15(11,12)13/h2-6,8-10H,1H3,(H2,11,12,13)/t3-,4+,5+,6-/m0/s1. The summed E-state index contributed by atoms with van der Waals surface area (Å²) in [7, 11) is -4.95. The van der Waals surface area contributed by atoms with Gasteiger partial charge in [-0.15, -0.1) is 0 Å². The van der Waals surface area contributed by atoms with Gasteiger partial charge >= 0.3 is 7.82 Å². The van der Waals surface area contributed by atoms with Crippen LogP contribution in [-0.2, 0) is 13.9 Å². The van der Waals surface area contributed by atoms with Gasteiger partial charge in [0.2, 0.25) is 0 Å². The molecule has 0 fully saturated rings. The molecule has 0 unspecified atom stereocenters. The van der Waals surface area contributed by atoms with Crippen LogP contribution in [-0.4, -0.2) is 55.8 Å². The number of aldehydes is 1. The molecule has 0 heterocycles. The van der Waals surface area contributed by atoms with Gasteiger partial charge in [-0.05, 0) is 6.92 Å². The Balaban J connectivity index is 4.54. The Morgan fingerprint density at radius 3 is 1.93 bits per heavy atom. The third kappa shape index (κ3) is 5.33. The molecule has 0 spiro atoms. The van der Waals surface area contributed by atoms with E-state index in [4.69, 9.17) is 20.0 Å². The Morgan fingerprint density at radius 1 is 1.20 bits per heavy atom. The highest BCUT2D eigenvalue weighted by atomic mass is 31.2. The summed E-state index contributed by atoms with van der Waals surface area (Å²) in [6, 6.07) is 0. The molecule has 0 aromatic carbocycles. The molecule has 5 N–H and O–H groups in total. The molecule has 8 nitrogen and oxygen atoms in total. The summed E-state index contributed by atoms with van der Waals surface area (Å²) < 4.78 is 14.3. The summed E-state index contributed by atoms with van der Waals surface area (Å²) in [6.45, 7) is 1.13. The minimum absolute atomic E-state index is 0.0741. The number of rotatable bonds is 6. The van der Waals surface area contributed by atoms with Gasteiger partial charge in [0, 0.05) is 0 Å². The molecular weight excluding hydrogens is 231 g/mol. The predicted octanol–water partition coefficient (Wildman–Crippen LogP) is -2.23. The number of hydrogen-bond acceptors (Lipinski definition) is 6. The fourth-order valence-corrected chi connectivity index (χ4v) is 1.30. The molecule has 0 rings (SSSR count). The van der Waals surface area contributed by atoms with E-state index in [2.05, 4.69) is 4.52 Å². The maximum Gasteiger partial charge on any atom is 0.470 e. The molecule has 0 aliphatic rings. The van der Waals surface area contributed by atoms with E-state index in [-0.39, 0.29) is 6.29 Å². The van der Waals surface area contributed by atoms with E-state index in [1.165, 1.54) is 0 Å². The molecule has 0 aromatic rings. The van der Waals surface area contributed by atoms with Crippen LogP contribution in [0, 0.1) is 0 Å². The lowest BCUT2D eigenvalue weighted by Gasteiger charge is -2.24. The maximum atomic E-state index is 10.4. The minimum atomic E-state index is -4.95. The van der Waals surface area contributed by atoms with Crippen molar-refractivity contribution in [3.05, 3.63) is 0 Å². The van der Waals surface area contributed by atoms with Crippen molar-refractivity contribution in [1.29, 1.82) is 0 Å². The second kappa shape index (κ2) is 5.66. The number of aliphatic hydroxyl groups excluding tert-OH is 3. The Hall–Kier alpha value is -0.340. The van der Waals surface area contributed by atoms with Gasteiger partial charge < -0.3 is 29.9 Å². The van der Waals surface area contributed by atoms with Gasteiger partial charge in [-0.25, -0.2) is 4.57 Å². The van der Waals surface area contributed by atoms with Crippen molar-refractivity contribution < 1.29 is 39.0 Å². The molecule has 4 atom stereocenters. The normalized spacial score (nSPS) is 20.4. The monoisotopic (exact) mass is 244 g/mol. The number of carbonyl (C=O) groups excluding carboxylic acids is 1. The van der Waals surface area contributed by atoms with Gasteiger partial charge in [0.15, 0.2) is 12.4 Å². The van der Waals surface area contributed by atoms with E-state index in [1.54, 1.807) is 0 Å². The summed E-state index contributed by atoms with van der Waals surface area (Å²) in [5, 5.41) is 27.2. The number of hydrogen-bond donors (Lipinski definition) is 5. The van der Waals surface area contributed by atoms with Gasteiger partial charge in [-0.1, -0.05) is 0 Å². The largest absolute Gasteiger partial charge is 0.470 e. The van der Waals surface area contributed by atoms with Crippen LogP contribution in [0.3, 0.4) is 0 Å². The second-order valence-electron chi connectivity index (χ2n) is 2.92. The Bertz CT molecular complexity index is 248. The van der Waals surface area contributed by atoms with Crippen LogP contribution >= 0.6 is 7.82 Å². The average molecular weight is 244 g/mol. The molecule has 90 valence electrons. The third-order valence-corrected chi connectivity index (χ3v) is 2.09. The van der Waals surface area contributed by atoms with Crippen molar-refractivity contribution in [1.82, 2.24) is 0 Å². The van der Waals surface area contributed by atoms with Crippen LogP contribution in [0.5, 0.6) is 0 Å². The highest BCUT2D eigenvalue weighted by Crippen LogP contribution is 2.38. The highest BCUT2D eigenvalue weighted by molar-refractivity contribution is 7.46. The van der Waals surface area contributed by atoms with Crippen LogP contribution in [0.15, 0.2) is 0 Å². The molecule has 0 saturated heterocycles. The summed E-state index contributed by atoms with van der Waals surface area (Å²) in [6.07, 6.45) is -7.02. The second-order valence-corrected chi connectivity index (χ2v) is 4.11. The third-order valence-electron chi connectivity index (χ3n) is 1.57. The molecule has 0 aliphatic heterocycles. The topological polar surface area (TPSA) is 145 Å². The van der Waals surface area contributed by atoms with Gasteiger partial charge in [0.25, 0.3) is 0 Å². The van der Waals surface area contributed by atoms with Crippen molar-refractivity contribution in [3.63, 3.8) is 0 Å². The Kier molecular flexibility index (Phi) is 5.54. The molecular formula is C6H13O8P. The zero-order chi connectivity index (χ0) is 12.2. The molecule has 0 aromatic heterocycles. The first-order valence-electron chi connectivity index (χ1n) is 3.92. The van der Waals surface area contributed by atoms with Crippen LogP contribution in [0.25, 0.3) is 0 Å². The fraction of sp³-hybridized carbons (Fsp3) is 0.833. The van der Waals surface area contributed by atoms with Gasteiger partial charge in [0.1, 0.15) is 12.2 Å². The zero-order valence-electron chi connectivity index (χ0n) is 7.79. The SMILES string of the molecule is C[C@H](O)[C@@H](O)[C@@H](O)[C@@H](C=O)OP(=O)(O)O. The van der Waals surface area contributed by atoms with E-state index in [0.717, 1.165) is 6.92 Å². The first kappa shape index (κ1) is 14.7. The Labute approximate surface area is 85.4 Å². The average Bonchev–Trinajstić information content (AvgIpc) is 2.10. The van der Waals surface area contributed by atoms with Gasteiger partial charge in [0.05, 0.1) is 6.10 Å². The van der Waals surface area contributed by atoms with E-state index >= 15 is 0 Å². The van der Waals surface area contributed by atoms with Crippen LogP contribution in [0.1, 0.15) is 6.92 Å². The summed E-state index contributed by atoms with van der Waals surface area (Å²) in [5.41, 5.74) is 0. The molecule has 0 amide bonds. The number of phosphoric acid groups is 1. The van der Waals surface area contributed by atoms with E-state index in [0.29, 0.717) is 0 Å². The molecule has 9 heteroatoms. The number of phosphoric ester groups is 1. The fourth-order valence-electron chi connectivity index (χ4n) is 0.806. The van der Waals surface area contributed by atoms with Crippen molar-refractivity contribution in [3.8, 4) is 0 Å². The highest BCUT2D eigenvalue weighted by Gasteiger charge is 2.34. The summed E-state index contributed by atoms with van der Waals surface area (Å²) in [4.78, 5) is 27.1. The van der Waals surface area contributed by atoms with Crippen LogP contribution in [0.2, 0.25) is 0 Å². The van der Waals surface area contributed by atoms with E-state index in [9.17, 15) is 14.5 Å². The quantitative estimate of drug-likeness (QED) is 0.260. The lowest BCUT2D eigenvalue weighted by atomic mass is 10.1. The van der Waals surface area contributed by atoms with E-state index in [1.807, 2.05) is 0 Å². The van der Waals surface area contributed by atoms with Crippen LogP contribution < -0.4 is 0 Å². The first-order valence-corrected chi connectivity index (χ1v) is 5.45. The van der Waals surface area contributed by atoms with Crippen molar-refractivity contribution in [2.75, 3.05) is 0 Å². The predicted molar refractivity (Wildman–Crippen MR) is 46.7 cm³/mol. The van der Waals surface area contributed by atoms with E-state index < -0.39 is 32.2 Å². The van der Waals surface area contributed by atoms with Crippen molar-refractivity contribution in [2.24, 2.45) is 0 Å². The maximum absolute atomic E-state index is 10.4. The lowest BCUT2D eigenvalue weighted by Crippen LogP contribution is -2.44. The minimum Gasteiger partial charge on any atom is -0.391 e. The van der Waals surface area contributed by atoms with Crippen molar-refractivity contribution in [2.45, 2.75) is 31.3 Å². The Morgan fingerprint density at radius 2 is 1.67 bits per heavy atom. The van der Waals surface area contributed by atoms with Gasteiger partial charge in [-0.2, -0.15) is 0 Å². The summed E-state index contributed by atoms with van der Waals surface area (Å²) >= 11 is 0. The zero-order valence-corrected chi connectivity index (χ0v) is 8.69. The molecule has 15 heavy (non-hydrogen) atoms. The van der Waals surface area contributed by atoms with Crippen LogP contribution in [0.4, 0.5) is 0 Å². The van der Waals surface area contributed by atoms with Gasteiger partial charge in [-0.3, -0.25) is 4.52 Å². The lowest BCUT2D eigenvalue weighted by molar-refractivity contribution is -0.131. The molecule has 0 bridgehead atoms. The number of aliphatic hydroxyl groups is 3. The smallest absolute Gasteiger partial charge is 0.391 e. The molecule has 0 radical (unpaired) electrons. The molecule has 0 aliphatic carbocycles. The number of carbonyl (C=O) groups is 1.